The highest BCUT2D eigenvalue weighted by molar-refractivity contribution is 4.72. The molecule has 0 spiro atoms. The summed E-state index contributed by atoms with van der Waals surface area (Å²) < 4.78 is 0. The highest BCUT2D eigenvalue weighted by atomic mass is 15.1. The number of hydrogen-bond donors (Lipinski definition) is 1. The second-order valence-electron chi connectivity index (χ2n) is 5.32. The highest BCUT2D eigenvalue weighted by Crippen LogP contribution is 2.18. The van der Waals surface area contributed by atoms with Gasteiger partial charge in [-0.2, -0.15) is 0 Å². The first kappa shape index (κ1) is 13.0. The molecule has 1 fully saturated rings. The molecule has 0 aromatic rings. The van der Waals surface area contributed by atoms with Crippen LogP contribution in [0.4, 0.5) is 0 Å². The third kappa shape index (κ3) is 5.53. The van der Waals surface area contributed by atoms with E-state index in [2.05, 4.69) is 31.0 Å². The normalized spacial score (nSPS) is 23.6. The second-order valence-corrected chi connectivity index (χ2v) is 5.32. The van der Waals surface area contributed by atoms with E-state index < -0.39 is 0 Å². The van der Waals surface area contributed by atoms with Gasteiger partial charge in [0, 0.05) is 19.6 Å². The standard InChI is InChI=1S/C13H28N2/c1-4-13-6-5-8-15(11-13)9-7-14-10-12(2)3/h12-14H,4-11H2,1-3H3. The number of nitrogens with one attached hydrogen (secondary N) is 1. The fourth-order valence-corrected chi connectivity index (χ4v) is 2.32. The molecule has 0 bridgehead atoms. The van der Waals surface area contributed by atoms with E-state index >= 15 is 0 Å². The number of piperidine rings is 1. The van der Waals surface area contributed by atoms with Gasteiger partial charge in [-0.25, -0.2) is 0 Å². The minimum absolute atomic E-state index is 0.773. The minimum atomic E-state index is 0.773. The Morgan fingerprint density at radius 1 is 1.40 bits per heavy atom. The molecule has 1 saturated heterocycles. The van der Waals surface area contributed by atoms with E-state index in [4.69, 9.17) is 0 Å². The molecule has 15 heavy (non-hydrogen) atoms. The average Bonchev–Trinajstić information content (AvgIpc) is 2.24. The SMILES string of the molecule is CCC1CCCN(CCNCC(C)C)C1. The molecule has 0 aromatic heterocycles. The van der Waals surface area contributed by atoms with Crippen LogP contribution in [0.2, 0.25) is 0 Å². The maximum absolute atomic E-state index is 3.52. The lowest BCUT2D eigenvalue weighted by atomic mass is 9.96. The predicted octanol–water partition coefficient (Wildman–Crippen LogP) is 2.35. The van der Waals surface area contributed by atoms with Crippen molar-refractivity contribution in [1.82, 2.24) is 10.2 Å². The van der Waals surface area contributed by atoms with Crippen LogP contribution in [-0.4, -0.2) is 37.6 Å². The molecule has 2 heteroatoms. The van der Waals surface area contributed by atoms with Gasteiger partial charge in [0.1, 0.15) is 0 Å². The molecule has 1 aliphatic rings. The van der Waals surface area contributed by atoms with Gasteiger partial charge >= 0.3 is 0 Å². The molecule has 2 nitrogen and oxygen atoms in total. The first-order chi connectivity index (χ1) is 7.22. The van der Waals surface area contributed by atoms with Crippen molar-refractivity contribution >= 4 is 0 Å². The van der Waals surface area contributed by atoms with Crippen LogP contribution in [0, 0.1) is 11.8 Å². The fraction of sp³-hybridized carbons (Fsp3) is 1.00. The zero-order valence-corrected chi connectivity index (χ0v) is 10.8. The molecule has 1 atom stereocenters. The lowest BCUT2D eigenvalue weighted by Gasteiger charge is -2.32. The Morgan fingerprint density at radius 3 is 2.87 bits per heavy atom. The van der Waals surface area contributed by atoms with Gasteiger partial charge in [-0.3, -0.25) is 0 Å². The first-order valence-electron chi connectivity index (χ1n) is 6.65. The van der Waals surface area contributed by atoms with Crippen molar-refractivity contribution in [1.29, 1.82) is 0 Å². The third-order valence-corrected chi connectivity index (χ3v) is 3.34. The minimum Gasteiger partial charge on any atom is -0.315 e. The van der Waals surface area contributed by atoms with Crippen molar-refractivity contribution < 1.29 is 0 Å². The van der Waals surface area contributed by atoms with Crippen molar-refractivity contribution in [3.63, 3.8) is 0 Å². The van der Waals surface area contributed by atoms with Gasteiger partial charge in [-0.05, 0) is 37.8 Å². The summed E-state index contributed by atoms with van der Waals surface area (Å²) in [4.78, 5) is 2.63. The van der Waals surface area contributed by atoms with Crippen LogP contribution in [0.25, 0.3) is 0 Å². The molecule has 1 rings (SSSR count). The Bertz CT molecular complexity index is 157. The van der Waals surface area contributed by atoms with Crippen LogP contribution < -0.4 is 5.32 Å². The molecule has 1 N–H and O–H groups in total. The Labute approximate surface area is 95.4 Å². The molecular formula is C13H28N2. The zero-order chi connectivity index (χ0) is 11.1. The molecule has 0 saturated carbocycles. The molecule has 0 aliphatic carbocycles. The van der Waals surface area contributed by atoms with Crippen molar-refractivity contribution in [3.05, 3.63) is 0 Å². The first-order valence-corrected chi connectivity index (χ1v) is 6.65. The largest absolute Gasteiger partial charge is 0.315 e. The van der Waals surface area contributed by atoms with Gasteiger partial charge in [0.05, 0.1) is 0 Å². The molecule has 0 aromatic carbocycles. The van der Waals surface area contributed by atoms with E-state index in [-0.39, 0.29) is 0 Å². The number of hydrogen-bond acceptors (Lipinski definition) is 2. The molecule has 0 radical (unpaired) electrons. The molecule has 1 heterocycles. The van der Waals surface area contributed by atoms with Gasteiger partial charge in [-0.15, -0.1) is 0 Å². The van der Waals surface area contributed by atoms with E-state index in [1.165, 1.54) is 38.9 Å². The maximum atomic E-state index is 3.52. The fourth-order valence-electron chi connectivity index (χ4n) is 2.32. The Morgan fingerprint density at radius 2 is 2.20 bits per heavy atom. The topological polar surface area (TPSA) is 15.3 Å². The van der Waals surface area contributed by atoms with Crippen molar-refractivity contribution in [2.75, 3.05) is 32.7 Å². The van der Waals surface area contributed by atoms with Gasteiger partial charge in [0.2, 0.25) is 0 Å². The predicted molar refractivity (Wildman–Crippen MR) is 67.2 cm³/mol. The molecular weight excluding hydrogens is 184 g/mol. The van der Waals surface area contributed by atoms with E-state index in [1.807, 2.05) is 0 Å². The summed E-state index contributed by atoms with van der Waals surface area (Å²) in [7, 11) is 0. The third-order valence-electron chi connectivity index (χ3n) is 3.34. The number of nitrogens with zero attached hydrogens (tertiary/aromatic N) is 1. The van der Waals surface area contributed by atoms with Crippen LogP contribution in [-0.2, 0) is 0 Å². The van der Waals surface area contributed by atoms with E-state index in [1.54, 1.807) is 0 Å². The van der Waals surface area contributed by atoms with Crippen LogP contribution in [0.5, 0.6) is 0 Å². The van der Waals surface area contributed by atoms with Gasteiger partial charge in [0.15, 0.2) is 0 Å². The molecule has 90 valence electrons. The van der Waals surface area contributed by atoms with E-state index in [0.29, 0.717) is 0 Å². The molecule has 1 aliphatic heterocycles. The van der Waals surface area contributed by atoms with Crippen LogP contribution in [0.3, 0.4) is 0 Å². The molecule has 0 amide bonds. The summed E-state index contributed by atoms with van der Waals surface area (Å²) in [5, 5.41) is 3.52. The van der Waals surface area contributed by atoms with Crippen molar-refractivity contribution in [2.45, 2.75) is 40.0 Å². The van der Waals surface area contributed by atoms with Crippen LogP contribution in [0.1, 0.15) is 40.0 Å². The van der Waals surface area contributed by atoms with Gasteiger partial charge < -0.3 is 10.2 Å². The Balaban J connectivity index is 2.05. The van der Waals surface area contributed by atoms with Crippen molar-refractivity contribution in [2.24, 2.45) is 11.8 Å². The van der Waals surface area contributed by atoms with Crippen LogP contribution >= 0.6 is 0 Å². The summed E-state index contributed by atoms with van der Waals surface area (Å²) in [5.41, 5.74) is 0. The maximum Gasteiger partial charge on any atom is 0.0107 e. The lowest BCUT2D eigenvalue weighted by molar-refractivity contribution is 0.172. The van der Waals surface area contributed by atoms with Crippen molar-refractivity contribution in [3.8, 4) is 0 Å². The monoisotopic (exact) mass is 212 g/mol. The summed E-state index contributed by atoms with van der Waals surface area (Å²) in [5.74, 6) is 1.73. The summed E-state index contributed by atoms with van der Waals surface area (Å²) >= 11 is 0. The lowest BCUT2D eigenvalue weighted by Crippen LogP contribution is -2.39. The summed E-state index contributed by atoms with van der Waals surface area (Å²) in [6.45, 7) is 13.1. The average molecular weight is 212 g/mol. The summed E-state index contributed by atoms with van der Waals surface area (Å²) in [6, 6.07) is 0. The van der Waals surface area contributed by atoms with E-state index in [9.17, 15) is 0 Å². The summed E-state index contributed by atoms with van der Waals surface area (Å²) in [6.07, 6.45) is 4.21. The molecule has 1 unspecified atom stereocenters. The van der Waals surface area contributed by atoms with Gasteiger partial charge in [-0.1, -0.05) is 27.2 Å². The second kappa shape index (κ2) is 7.24. The number of rotatable bonds is 6. The van der Waals surface area contributed by atoms with Crippen LogP contribution in [0.15, 0.2) is 0 Å². The zero-order valence-electron chi connectivity index (χ0n) is 10.8. The number of likely N-dealkylation sites (tertiary alicyclic amines) is 1. The quantitative estimate of drug-likeness (QED) is 0.680. The highest BCUT2D eigenvalue weighted by Gasteiger charge is 2.17. The Hall–Kier alpha value is -0.0800. The Kier molecular flexibility index (Phi) is 6.26. The smallest absolute Gasteiger partial charge is 0.0107 e. The van der Waals surface area contributed by atoms with Gasteiger partial charge in [0.25, 0.3) is 0 Å². The van der Waals surface area contributed by atoms with E-state index in [0.717, 1.165) is 24.9 Å².